The Morgan fingerprint density at radius 3 is 2.92 bits per heavy atom. The first-order valence-corrected chi connectivity index (χ1v) is 8.55. The molecule has 1 aliphatic heterocycles. The highest BCUT2D eigenvalue weighted by Crippen LogP contribution is 2.33. The molecular formula is C18H22N2O5. The zero-order valence-corrected chi connectivity index (χ0v) is 14.2. The molecule has 0 spiro atoms. The summed E-state index contributed by atoms with van der Waals surface area (Å²) < 4.78 is 10.6. The van der Waals surface area contributed by atoms with Crippen LogP contribution < -0.4 is 10.1 Å². The Balaban J connectivity index is 1.76. The number of ether oxygens (including phenoxy) is 2. The van der Waals surface area contributed by atoms with E-state index in [4.69, 9.17) is 9.47 Å². The molecule has 1 N–H and O–H groups in total. The van der Waals surface area contributed by atoms with Crippen molar-refractivity contribution in [2.75, 3.05) is 6.79 Å². The van der Waals surface area contributed by atoms with Crippen molar-refractivity contribution < 1.29 is 19.2 Å². The second-order valence-electron chi connectivity index (χ2n) is 6.60. The average molecular weight is 346 g/mol. The molecule has 1 heterocycles. The van der Waals surface area contributed by atoms with E-state index in [9.17, 15) is 14.9 Å². The standard InChI is InChI=1S/C18H22N2O5/c1-12-4-2-3-5-16(12)19-17(21)7-6-13-8-15(20(22)23)9-14-10-24-11-25-18(13)14/h6-9,12,16H,2-5,10-11H2,1H3,(H,19,21)/b7-6+/t12-,16-/m1/s1. The molecule has 7 nitrogen and oxygen atoms in total. The van der Waals surface area contributed by atoms with Crippen LogP contribution in [0.4, 0.5) is 5.69 Å². The summed E-state index contributed by atoms with van der Waals surface area (Å²) in [7, 11) is 0. The van der Waals surface area contributed by atoms with Gasteiger partial charge >= 0.3 is 0 Å². The minimum absolute atomic E-state index is 0.0474. The quantitative estimate of drug-likeness (QED) is 0.514. The second kappa shape index (κ2) is 7.65. The summed E-state index contributed by atoms with van der Waals surface area (Å²) in [5.41, 5.74) is 1.08. The van der Waals surface area contributed by atoms with Gasteiger partial charge in [-0.05, 0) is 24.8 Å². The van der Waals surface area contributed by atoms with Gasteiger partial charge in [-0.3, -0.25) is 14.9 Å². The van der Waals surface area contributed by atoms with Crippen LogP contribution in [0.25, 0.3) is 6.08 Å². The number of nitrogens with one attached hydrogen (secondary N) is 1. The van der Waals surface area contributed by atoms with Gasteiger partial charge in [0.2, 0.25) is 5.91 Å². The first-order chi connectivity index (χ1) is 12.0. The highest BCUT2D eigenvalue weighted by atomic mass is 16.7. The van der Waals surface area contributed by atoms with E-state index < -0.39 is 4.92 Å². The van der Waals surface area contributed by atoms with Gasteiger partial charge in [-0.1, -0.05) is 19.8 Å². The summed E-state index contributed by atoms with van der Waals surface area (Å²) in [6.45, 7) is 2.50. The van der Waals surface area contributed by atoms with Crippen LogP contribution in [0.2, 0.25) is 0 Å². The van der Waals surface area contributed by atoms with Gasteiger partial charge in [0.15, 0.2) is 6.79 Å². The largest absolute Gasteiger partial charge is 0.467 e. The maximum Gasteiger partial charge on any atom is 0.270 e. The van der Waals surface area contributed by atoms with E-state index in [0.717, 1.165) is 19.3 Å². The van der Waals surface area contributed by atoms with Crippen molar-refractivity contribution in [1.29, 1.82) is 0 Å². The van der Waals surface area contributed by atoms with Crippen LogP contribution in [0.3, 0.4) is 0 Å². The van der Waals surface area contributed by atoms with Crippen LogP contribution >= 0.6 is 0 Å². The summed E-state index contributed by atoms with van der Waals surface area (Å²) in [4.78, 5) is 22.9. The summed E-state index contributed by atoms with van der Waals surface area (Å²) in [6.07, 6.45) is 7.45. The van der Waals surface area contributed by atoms with E-state index in [2.05, 4.69) is 12.2 Å². The number of rotatable bonds is 4. The molecule has 0 saturated heterocycles. The van der Waals surface area contributed by atoms with E-state index in [1.54, 1.807) is 6.08 Å². The molecule has 134 valence electrons. The molecule has 0 radical (unpaired) electrons. The highest BCUT2D eigenvalue weighted by Gasteiger charge is 2.23. The molecule has 7 heteroatoms. The van der Waals surface area contributed by atoms with Gasteiger partial charge in [0.25, 0.3) is 5.69 Å². The molecule has 3 rings (SSSR count). The van der Waals surface area contributed by atoms with Gasteiger partial charge < -0.3 is 14.8 Å². The maximum absolute atomic E-state index is 12.2. The number of hydrogen-bond donors (Lipinski definition) is 1. The van der Waals surface area contributed by atoms with Gasteiger partial charge in [0.1, 0.15) is 5.75 Å². The molecular weight excluding hydrogens is 324 g/mol. The molecule has 1 aliphatic carbocycles. The van der Waals surface area contributed by atoms with Gasteiger partial charge in [-0.2, -0.15) is 0 Å². The number of carbonyl (C=O) groups excluding carboxylic acids is 1. The molecule has 0 bridgehead atoms. The summed E-state index contributed by atoms with van der Waals surface area (Å²) in [5, 5.41) is 14.1. The molecule has 2 aliphatic rings. The first-order valence-electron chi connectivity index (χ1n) is 8.55. The van der Waals surface area contributed by atoms with Crippen molar-refractivity contribution in [3.8, 4) is 5.75 Å². The van der Waals surface area contributed by atoms with Gasteiger partial charge in [0, 0.05) is 35.4 Å². The van der Waals surface area contributed by atoms with Crippen molar-refractivity contribution in [3.05, 3.63) is 39.4 Å². The fourth-order valence-electron chi connectivity index (χ4n) is 3.39. The lowest BCUT2D eigenvalue weighted by molar-refractivity contribution is -0.385. The third-order valence-electron chi connectivity index (χ3n) is 4.79. The van der Waals surface area contributed by atoms with Crippen molar-refractivity contribution >= 4 is 17.7 Å². The van der Waals surface area contributed by atoms with E-state index in [-0.39, 0.29) is 31.0 Å². The highest BCUT2D eigenvalue weighted by molar-refractivity contribution is 5.92. The van der Waals surface area contributed by atoms with Crippen molar-refractivity contribution in [1.82, 2.24) is 5.32 Å². The number of nitro benzene ring substituents is 1. The Morgan fingerprint density at radius 1 is 1.36 bits per heavy atom. The molecule has 1 saturated carbocycles. The second-order valence-corrected chi connectivity index (χ2v) is 6.60. The summed E-state index contributed by atoms with van der Waals surface area (Å²) in [5.74, 6) is 0.815. The van der Waals surface area contributed by atoms with Gasteiger partial charge in [-0.25, -0.2) is 0 Å². The lowest BCUT2D eigenvalue weighted by Crippen LogP contribution is -2.40. The number of benzene rings is 1. The number of amides is 1. The smallest absolute Gasteiger partial charge is 0.270 e. The van der Waals surface area contributed by atoms with E-state index in [1.165, 1.54) is 24.6 Å². The molecule has 1 amide bonds. The van der Waals surface area contributed by atoms with Crippen LogP contribution in [-0.2, 0) is 16.1 Å². The SMILES string of the molecule is C[C@@H]1CCCC[C@H]1NC(=O)/C=C/c1cc([N+](=O)[O-])cc2c1OCOC2. The average Bonchev–Trinajstić information content (AvgIpc) is 2.61. The molecule has 1 fully saturated rings. The van der Waals surface area contributed by atoms with Crippen LogP contribution in [0.1, 0.15) is 43.7 Å². The number of hydrogen-bond acceptors (Lipinski definition) is 5. The zero-order valence-electron chi connectivity index (χ0n) is 14.2. The van der Waals surface area contributed by atoms with Gasteiger partial charge in [0.05, 0.1) is 11.5 Å². The minimum atomic E-state index is -0.462. The summed E-state index contributed by atoms with van der Waals surface area (Å²) >= 11 is 0. The Morgan fingerprint density at radius 2 is 2.16 bits per heavy atom. The zero-order chi connectivity index (χ0) is 17.8. The van der Waals surface area contributed by atoms with Gasteiger partial charge in [-0.15, -0.1) is 0 Å². The minimum Gasteiger partial charge on any atom is -0.467 e. The molecule has 1 aromatic carbocycles. The van der Waals surface area contributed by atoms with Crippen LogP contribution in [-0.4, -0.2) is 23.7 Å². The van der Waals surface area contributed by atoms with E-state index in [1.807, 2.05) is 0 Å². The fourth-order valence-corrected chi connectivity index (χ4v) is 3.39. The van der Waals surface area contributed by atoms with Crippen LogP contribution in [0, 0.1) is 16.0 Å². The Hall–Kier alpha value is -2.41. The molecule has 0 aromatic heterocycles. The third-order valence-corrected chi connectivity index (χ3v) is 4.79. The number of non-ortho nitro benzene ring substituents is 1. The van der Waals surface area contributed by atoms with Crippen LogP contribution in [0.5, 0.6) is 5.75 Å². The predicted molar refractivity (Wildman–Crippen MR) is 92.0 cm³/mol. The maximum atomic E-state index is 12.2. The molecule has 1 aromatic rings. The Labute approximate surface area is 146 Å². The number of carbonyl (C=O) groups is 1. The summed E-state index contributed by atoms with van der Waals surface area (Å²) in [6, 6.07) is 3.04. The van der Waals surface area contributed by atoms with Crippen LogP contribution in [0.15, 0.2) is 18.2 Å². The molecule has 2 atom stereocenters. The fraction of sp³-hybridized carbons (Fsp3) is 0.500. The first kappa shape index (κ1) is 17.4. The Kier molecular flexibility index (Phi) is 5.33. The monoisotopic (exact) mass is 346 g/mol. The van der Waals surface area contributed by atoms with E-state index in [0.29, 0.717) is 22.8 Å². The number of nitrogens with zero attached hydrogens (tertiary/aromatic N) is 1. The number of nitro groups is 1. The van der Waals surface area contributed by atoms with Crippen molar-refractivity contribution in [2.45, 2.75) is 45.3 Å². The third kappa shape index (κ3) is 4.17. The molecule has 25 heavy (non-hydrogen) atoms. The van der Waals surface area contributed by atoms with Crippen molar-refractivity contribution in [3.63, 3.8) is 0 Å². The normalized spacial score (nSPS) is 22.9. The molecule has 0 unspecified atom stereocenters. The lowest BCUT2D eigenvalue weighted by Gasteiger charge is -2.29. The lowest BCUT2D eigenvalue weighted by atomic mass is 9.86. The number of fused-ring (bicyclic) bond motifs is 1. The van der Waals surface area contributed by atoms with E-state index >= 15 is 0 Å². The van der Waals surface area contributed by atoms with Crippen molar-refractivity contribution in [2.24, 2.45) is 5.92 Å². The Bertz CT molecular complexity index is 701. The predicted octanol–water partition coefficient (Wildman–Crippen LogP) is 3.17. The topological polar surface area (TPSA) is 90.7 Å².